The van der Waals surface area contributed by atoms with Crippen molar-refractivity contribution < 1.29 is 32.3 Å². The minimum atomic E-state index is -4.14. The summed E-state index contributed by atoms with van der Waals surface area (Å²) in [5, 5.41) is 0. The molecule has 0 aliphatic carbocycles. The Kier molecular flexibility index (Phi) is 3.30. The molecular formula is C16H14N2O7S. The minimum Gasteiger partial charge on any atom is -0.463 e. The maximum Gasteiger partial charge on any atom is 0.350 e. The molecule has 0 saturated carbocycles. The van der Waals surface area contributed by atoms with E-state index >= 15 is 0 Å². The van der Waals surface area contributed by atoms with Crippen LogP contribution < -0.4 is 0 Å². The van der Waals surface area contributed by atoms with Crippen LogP contribution in [-0.2, 0) is 24.2 Å². The second-order valence-electron chi connectivity index (χ2n) is 6.15. The minimum absolute atomic E-state index is 0.0677. The van der Waals surface area contributed by atoms with Gasteiger partial charge in [-0.05, 0) is 19.1 Å². The summed E-state index contributed by atoms with van der Waals surface area (Å²) in [5.41, 5.74) is 0.135. The van der Waals surface area contributed by atoms with Crippen LogP contribution in [0, 0.1) is 0 Å². The molecule has 26 heavy (non-hydrogen) atoms. The van der Waals surface area contributed by atoms with Gasteiger partial charge in [-0.15, -0.1) is 0 Å². The largest absolute Gasteiger partial charge is 0.463 e. The summed E-state index contributed by atoms with van der Waals surface area (Å²) >= 11 is 0. The van der Waals surface area contributed by atoms with Crippen molar-refractivity contribution >= 4 is 33.5 Å². The molecule has 1 aromatic carbocycles. The van der Waals surface area contributed by atoms with E-state index in [9.17, 15) is 27.6 Å². The molecule has 9 nitrogen and oxygen atoms in total. The van der Waals surface area contributed by atoms with Crippen LogP contribution in [0.4, 0.5) is 0 Å². The molecule has 0 N–H and O–H groups in total. The van der Waals surface area contributed by atoms with E-state index in [1.807, 2.05) is 0 Å². The van der Waals surface area contributed by atoms with Crippen LogP contribution in [0.5, 0.6) is 0 Å². The third-order valence-corrected chi connectivity index (χ3v) is 7.26. The van der Waals surface area contributed by atoms with Gasteiger partial charge in [-0.2, -0.15) is 0 Å². The number of ether oxygens (including phenoxy) is 1. The zero-order valence-corrected chi connectivity index (χ0v) is 14.5. The molecule has 3 aliphatic rings. The molecule has 3 amide bonds. The molecule has 0 aromatic heterocycles. The number of carbonyl (C=O) groups is 4. The standard InChI is InChI=1S/C16H14N2O7S/c1-2-25-15(22)16-11(14(21)17(16)7-8-26(16,23)24)18-12(19)9-5-3-4-6-10(9)13(18)20/h3-6,11H,2,7-8H2,1H3/t11-,16-/m0/s1. The lowest BCUT2D eigenvalue weighted by Gasteiger charge is -2.51. The smallest absolute Gasteiger partial charge is 0.350 e. The van der Waals surface area contributed by atoms with E-state index in [-0.39, 0.29) is 24.3 Å². The Balaban J connectivity index is 1.87. The van der Waals surface area contributed by atoms with Gasteiger partial charge in [-0.25, -0.2) is 13.2 Å². The van der Waals surface area contributed by atoms with E-state index in [0.29, 0.717) is 4.90 Å². The lowest BCUT2D eigenvalue weighted by molar-refractivity contribution is -0.176. The second kappa shape index (κ2) is 5.13. The van der Waals surface area contributed by atoms with Crippen LogP contribution in [-0.4, -0.2) is 71.7 Å². The highest BCUT2D eigenvalue weighted by atomic mass is 32.2. The Labute approximate surface area is 148 Å². The van der Waals surface area contributed by atoms with Crippen molar-refractivity contribution in [2.24, 2.45) is 0 Å². The molecule has 2 saturated heterocycles. The highest BCUT2D eigenvalue weighted by molar-refractivity contribution is 7.94. The fraction of sp³-hybridized carbons (Fsp3) is 0.375. The first-order valence-corrected chi connectivity index (χ1v) is 9.62. The molecule has 10 heteroatoms. The molecule has 0 radical (unpaired) electrons. The van der Waals surface area contributed by atoms with Gasteiger partial charge < -0.3 is 9.64 Å². The number of sulfone groups is 1. The third-order valence-electron chi connectivity index (χ3n) is 4.98. The van der Waals surface area contributed by atoms with Crippen molar-refractivity contribution in [2.75, 3.05) is 18.9 Å². The van der Waals surface area contributed by atoms with Gasteiger partial charge in [0.25, 0.3) is 22.6 Å². The van der Waals surface area contributed by atoms with Crippen molar-refractivity contribution in [1.29, 1.82) is 0 Å². The molecule has 3 aliphatic heterocycles. The predicted octanol–water partition coefficient (Wildman–Crippen LogP) is -0.819. The monoisotopic (exact) mass is 378 g/mol. The maximum atomic E-state index is 12.7. The zero-order valence-electron chi connectivity index (χ0n) is 13.7. The summed E-state index contributed by atoms with van der Waals surface area (Å²) in [5.74, 6) is -3.92. The quantitative estimate of drug-likeness (QED) is 0.383. The van der Waals surface area contributed by atoms with Crippen molar-refractivity contribution in [2.45, 2.75) is 17.8 Å². The number of β-lactam (4-membered cyclic amide) rings is 1. The lowest BCUT2D eigenvalue weighted by Crippen LogP contribution is -2.82. The van der Waals surface area contributed by atoms with Gasteiger partial charge in [-0.3, -0.25) is 19.3 Å². The van der Waals surface area contributed by atoms with Crippen molar-refractivity contribution in [1.82, 2.24) is 9.80 Å². The number of fused-ring (bicyclic) bond motifs is 2. The lowest BCUT2D eigenvalue weighted by atomic mass is 9.92. The highest BCUT2D eigenvalue weighted by Gasteiger charge is 2.79. The van der Waals surface area contributed by atoms with Crippen LogP contribution in [0.25, 0.3) is 0 Å². The Bertz CT molecular complexity index is 951. The Hall–Kier alpha value is -2.75. The summed E-state index contributed by atoms with van der Waals surface area (Å²) < 4.78 is 30.3. The molecular weight excluding hydrogens is 364 g/mol. The maximum absolute atomic E-state index is 12.7. The van der Waals surface area contributed by atoms with Gasteiger partial charge in [0.2, 0.25) is 0 Å². The molecule has 2 atom stereocenters. The van der Waals surface area contributed by atoms with Gasteiger partial charge >= 0.3 is 5.97 Å². The summed E-state index contributed by atoms with van der Waals surface area (Å²) in [4.78, 5) is 49.7. The van der Waals surface area contributed by atoms with E-state index in [2.05, 4.69) is 0 Å². The highest BCUT2D eigenvalue weighted by Crippen LogP contribution is 2.47. The predicted molar refractivity (Wildman–Crippen MR) is 85.6 cm³/mol. The zero-order chi connectivity index (χ0) is 18.9. The molecule has 136 valence electrons. The summed E-state index contributed by atoms with van der Waals surface area (Å²) in [6.07, 6.45) is 0. The van der Waals surface area contributed by atoms with Crippen molar-refractivity contribution in [3.63, 3.8) is 0 Å². The van der Waals surface area contributed by atoms with E-state index in [0.717, 1.165) is 4.90 Å². The average molecular weight is 378 g/mol. The van der Waals surface area contributed by atoms with E-state index in [1.165, 1.54) is 19.1 Å². The number of hydrogen-bond acceptors (Lipinski definition) is 7. The number of nitrogens with zero attached hydrogens (tertiary/aromatic N) is 2. The molecule has 0 spiro atoms. The Morgan fingerprint density at radius 3 is 2.31 bits per heavy atom. The van der Waals surface area contributed by atoms with Gasteiger partial charge in [0, 0.05) is 6.54 Å². The van der Waals surface area contributed by atoms with Crippen molar-refractivity contribution in [3.05, 3.63) is 35.4 Å². The Morgan fingerprint density at radius 2 is 1.77 bits per heavy atom. The number of imide groups is 1. The van der Waals surface area contributed by atoms with Gasteiger partial charge in [0.05, 0.1) is 23.5 Å². The first kappa shape index (κ1) is 16.7. The van der Waals surface area contributed by atoms with E-state index in [1.54, 1.807) is 12.1 Å². The molecule has 0 unspecified atom stereocenters. The van der Waals surface area contributed by atoms with E-state index in [4.69, 9.17) is 4.74 Å². The van der Waals surface area contributed by atoms with Crippen LogP contribution in [0.2, 0.25) is 0 Å². The van der Waals surface area contributed by atoms with Gasteiger partial charge in [0.1, 0.15) is 0 Å². The molecule has 2 fully saturated rings. The number of rotatable bonds is 3. The summed E-state index contributed by atoms with van der Waals surface area (Å²) in [6.45, 7) is 1.21. The fourth-order valence-corrected chi connectivity index (χ4v) is 5.96. The molecule has 4 rings (SSSR count). The number of hydrogen-bond donors (Lipinski definition) is 0. The molecule has 0 bridgehead atoms. The second-order valence-corrected chi connectivity index (χ2v) is 8.41. The Morgan fingerprint density at radius 1 is 1.19 bits per heavy atom. The number of benzene rings is 1. The van der Waals surface area contributed by atoms with Crippen LogP contribution in [0.1, 0.15) is 27.6 Å². The molecule has 1 aromatic rings. The fourth-order valence-electron chi connectivity index (χ4n) is 3.85. The van der Waals surface area contributed by atoms with Gasteiger partial charge in [-0.1, -0.05) is 12.1 Å². The third kappa shape index (κ3) is 1.67. The summed E-state index contributed by atoms with van der Waals surface area (Å²) in [7, 11) is -4.14. The number of esters is 1. The summed E-state index contributed by atoms with van der Waals surface area (Å²) in [6, 6.07) is 4.18. The SMILES string of the molecule is CCOC(=O)[C@@]12[C@@H](N3C(=O)c4ccccc4C3=O)C(=O)N1CCS2(=O)=O. The van der Waals surface area contributed by atoms with Crippen LogP contribution in [0.15, 0.2) is 24.3 Å². The van der Waals surface area contributed by atoms with E-state index < -0.39 is 50.2 Å². The normalized spacial score (nSPS) is 28.7. The van der Waals surface area contributed by atoms with Gasteiger partial charge in [0.15, 0.2) is 15.9 Å². The van der Waals surface area contributed by atoms with Crippen LogP contribution >= 0.6 is 0 Å². The average Bonchev–Trinajstić information content (AvgIpc) is 2.99. The number of amides is 3. The first-order valence-electron chi connectivity index (χ1n) is 7.97. The van der Waals surface area contributed by atoms with Crippen LogP contribution in [0.3, 0.4) is 0 Å². The van der Waals surface area contributed by atoms with Crippen molar-refractivity contribution in [3.8, 4) is 0 Å². The topological polar surface area (TPSA) is 118 Å². The first-order chi connectivity index (χ1) is 12.3. The number of carbonyl (C=O) groups excluding carboxylic acids is 4. The molecule has 3 heterocycles.